The fourth-order valence-electron chi connectivity index (χ4n) is 3.03. The molecular formula is C19H26Cl2N4O4. The van der Waals surface area contributed by atoms with Gasteiger partial charge < -0.3 is 30.7 Å². The normalized spacial score (nSPS) is 9.62. The number of nitrogens with one attached hydrogen (secondary N) is 1. The monoisotopic (exact) mass is 444 g/mol. The molecule has 1 aromatic carbocycles. The molecule has 0 radical (unpaired) electrons. The molecule has 0 unspecified atom stereocenters. The molecule has 0 bridgehead atoms. The molecule has 0 aliphatic carbocycles. The van der Waals surface area contributed by atoms with E-state index in [1.807, 2.05) is 42.6 Å². The number of rotatable bonds is 3. The summed E-state index contributed by atoms with van der Waals surface area (Å²) in [6.07, 6.45) is 2.04. The zero-order chi connectivity index (χ0) is 16.7. The second kappa shape index (κ2) is 11.5. The van der Waals surface area contributed by atoms with E-state index in [9.17, 15) is 4.79 Å². The molecular weight excluding hydrogens is 419 g/mol. The van der Waals surface area contributed by atoms with E-state index in [0.29, 0.717) is 0 Å². The fourth-order valence-corrected chi connectivity index (χ4v) is 3.03. The first kappa shape index (κ1) is 28.7. The number of benzene rings is 1. The van der Waals surface area contributed by atoms with Crippen molar-refractivity contribution in [3.8, 4) is 11.3 Å². The molecule has 4 aromatic rings. The van der Waals surface area contributed by atoms with Gasteiger partial charge in [0.15, 0.2) is 0 Å². The highest BCUT2D eigenvalue weighted by atomic mass is 35.5. The van der Waals surface area contributed by atoms with Gasteiger partial charge in [0.1, 0.15) is 5.65 Å². The average molecular weight is 445 g/mol. The highest BCUT2D eigenvalue weighted by molar-refractivity contribution is 5.86. The summed E-state index contributed by atoms with van der Waals surface area (Å²) >= 11 is 0. The second-order valence-electron chi connectivity index (χ2n) is 6.20. The van der Waals surface area contributed by atoms with E-state index in [4.69, 9.17) is 4.98 Å². The zero-order valence-corrected chi connectivity index (χ0v) is 17.6. The molecule has 0 saturated carbocycles. The standard InChI is InChI=1S/C19H18N4O.2ClH.3H2O/c1-22(2)12-16-19(21-17-5-3-4-10-23(16)17)14-6-8-15-13(11-14)7-9-18(24)20-15;;;;;/h3-11H,12H2,1-2H3,(H,20,24);2*1H;3*1H2. The molecule has 3 heterocycles. The third-order valence-electron chi connectivity index (χ3n) is 4.09. The Hall–Kier alpha value is -2.46. The van der Waals surface area contributed by atoms with Crippen LogP contribution in [0.15, 0.2) is 59.5 Å². The third kappa shape index (κ3) is 5.54. The molecule has 4 rings (SSSR count). The van der Waals surface area contributed by atoms with Gasteiger partial charge in [0.25, 0.3) is 0 Å². The summed E-state index contributed by atoms with van der Waals surface area (Å²) in [6.45, 7) is 0.796. The SMILES string of the molecule is CN(C)Cc1c(-c2ccc3[nH]c(=O)ccc3c2)nc2ccccn12.Cl.Cl.O.O.O. The van der Waals surface area contributed by atoms with Crippen LogP contribution in [0.3, 0.4) is 0 Å². The first-order chi connectivity index (χ1) is 11.6. The van der Waals surface area contributed by atoms with Crippen LogP contribution >= 0.6 is 24.8 Å². The Morgan fingerprint density at radius 3 is 2.41 bits per heavy atom. The van der Waals surface area contributed by atoms with Crippen LogP contribution in [-0.2, 0) is 6.54 Å². The van der Waals surface area contributed by atoms with E-state index >= 15 is 0 Å². The van der Waals surface area contributed by atoms with E-state index < -0.39 is 0 Å². The molecule has 0 saturated heterocycles. The van der Waals surface area contributed by atoms with Gasteiger partial charge in [-0.05, 0) is 49.8 Å². The number of aromatic amines is 1. The maximum atomic E-state index is 11.5. The molecule has 29 heavy (non-hydrogen) atoms. The minimum atomic E-state index is -0.0868. The number of nitrogens with zero attached hydrogens (tertiary/aromatic N) is 3. The largest absolute Gasteiger partial charge is 0.412 e. The molecule has 8 nitrogen and oxygen atoms in total. The van der Waals surface area contributed by atoms with E-state index in [1.165, 1.54) is 0 Å². The third-order valence-corrected chi connectivity index (χ3v) is 4.09. The van der Waals surface area contributed by atoms with Crippen molar-refractivity contribution in [2.75, 3.05) is 14.1 Å². The molecule has 0 amide bonds. The van der Waals surface area contributed by atoms with Gasteiger partial charge in [-0.1, -0.05) is 12.1 Å². The summed E-state index contributed by atoms with van der Waals surface area (Å²) in [7, 11) is 4.11. The van der Waals surface area contributed by atoms with Gasteiger partial charge in [-0.2, -0.15) is 0 Å². The number of fused-ring (bicyclic) bond motifs is 2. The van der Waals surface area contributed by atoms with Crippen molar-refractivity contribution in [3.63, 3.8) is 0 Å². The summed E-state index contributed by atoms with van der Waals surface area (Å²) in [5, 5.41) is 1.000. The van der Waals surface area contributed by atoms with Crippen molar-refractivity contribution in [1.82, 2.24) is 19.3 Å². The molecule has 0 atom stereocenters. The minimum Gasteiger partial charge on any atom is -0.412 e. The maximum Gasteiger partial charge on any atom is 0.248 e. The highest BCUT2D eigenvalue weighted by Gasteiger charge is 2.14. The molecule has 7 N–H and O–H groups in total. The van der Waals surface area contributed by atoms with Crippen LogP contribution < -0.4 is 5.56 Å². The van der Waals surface area contributed by atoms with Crippen LogP contribution in [-0.4, -0.2) is 49.8 Å². The van der Waals surface area contributed by atoms with E-state index in [2.05, 4.69) is 34.4 Å². The number of pyridine rings is 2. The van der Waals surface area contributed by atoms with Gasteiger partial charge in [-0.25, -0.2) is 4.98 Å². The Morgan fingerprint density at radius 1 is 1.00 bits per heavy atom. The molecule has 10 heteroatoms. The summed E-state index contributed by atoms with van der Waals surface area (Å²) < 4.78 is 2.13. The fraction of sp³-hybridized carbons (Fsp3) is 0.158. The predicted molar refractivity (Wildman–Crippen MR) is 121 cm³/mol. The minimum absolute atomic E-state index is 0. The lowest BCUT2D eigenvalue weighted by molar-refractivity contribution is 0.396. The number of imidazole rings is 1. The van der Waals surface area contributed by atoms with Crippen molar-refractivity contribution in [3.05, 3.63) is 70.8 Å². The summed E-state index contributed by atoms with van der Waals surface area (Å²) in [5.41, 5.74) is 4.86. The van der Waals surface area contributed by atoms with Crippen molar-refractivity contribution >= 4 is 41.4 Å². The number of hydrogen-bond acceptors (Lipinski definition) is 3. The van der Waals surface area contributed by atoms with Crippen LogP contribution in [0.2, 0.25) is 0 Å². The van der Waals surface area contributed by atoms with Crippen LogP contribution in [0.5, 0.6) is 0 Å². The Balaban J connectivity index is 0. The summed E-state index contributed by atoms with van der Waals surface area (Å²) in [6, 6.07) is 15.5. The van der Waals surface area contributed by atoms with Gasteiger partial charge in [-0.3, -0.25) is 4.79 Å². The zero-order valence-electron chi connectivity index (χ0n) is 16.0. The van der Waals surface area contributed by atoms with Crippen LogP contribution in [0.1, 0.15) is 5.69 Å². The number of halogens is 2. The first-order valence-electron chi connectivity index (χ1n) is 7.86. The summed E-state index contributed by atoms with van der Waals surface area (Å²) in [5.74, 6) is 0. The molecule has 0 aliphatic heterocycles. The Morgan fingerprint density at radius 2 is 1.72 bits per heavy atom. The molecule has 160 valence electrons. The van der Waals surface area contributed by atoms with Crippen molar-refractivity contribution in [1.29, 1.82) is 0 Å². The van der Waals surface area contributed by atoms with Gasteiger partial charge in [0, 0.05) is 29.9 Å². The summed E-state index contributed by atoms with van der Waals surface area (Å²) in [4.78, 5) is 21.3. The highest BCUT2D eigenvalue weighted by Crippen LogP contribution is 2.27. The van der Waals surface area contributed by atoms with E-state index in [-0.39, 0.29) is 46.8 Å². The van der Waals surface area contributed by atoms with Crippen LogP contribution in [0.25, 0.3) is 27.8 Å². The van der Waals surface area contributed by atoms with Crippen LogP contribution in [0, 0.1) is 0 Å². The lowest BCUT2D eigenvalue weighted by Gasteiger charge is -2.11. The first-order valence-corrected chi connectivity index (χ1v) is 7.86. The van der Waals surface area contributed by atoms with Gasteiger partial charge >= 0.3 is 0 Å². The molecule has 0 aliphatic rings. The Kier molecular flexibility index (Phi) is 11.4. The predicted octanol–water partition coefficient (Wildman–Crippen LogP) is 1.27. The average Bonchev–Trinajstić information content (AvgIpc) is 2.92. The van der Waals surface area contributed by atoms with Gasteiger partial charge in [-0.15, -0.1) is 24.8 Å². The van der Waals surface area contributed by atoms with E-state index in [0.717, 1.165) is 40.0 Å². The quantitative estimate of drug-likeness (QED) is 0.506. The Bertz CT molecular complexity index is 1110. The van der Waals surface area contributed by atoms with E-state index in [1.54, 1.807) is 6.07 Å². The number of hydrogen-bond donors (Lipinski definition) is 1. The molecule has 0 spiro atoms. The van der Waals surface area contributed by atoms with Crippen molar-refractivity contribution < 1.29 is 16.4 Å². The van der Waals surface area contributed by atoms with Crippen molar-refractivity contribution in [2.24, 2.45) is 0 Å². The smallest absolute Gasteiger partial charge is 0.248 e. The topological polar surface area (TPSA) is 148 Å². The molecule has 3 aromatic heterocycles. The van der Waals surface area contributed by atoms with Crippen molar-refractivity contribution in [2.45, 2.75) is 6.54 Å². The molecule has 0 fully saturated rings. The van der Waals surface area contributed by atoms with Gasteiger partial charge in [0.2, 0.25) is 5.56 Å². The number of aromatic nitrogens is 3. The second-order valence-corrected chi connectivity index (χ2v) is 6.20. The number of H-pyrrole nitrogens is 1. The lowest BCUT2D eigenvalue weighted by Crippen LogP contribution is -2.13. The lowest BCUT2D eigenvalue weighted by atomic mass is 10.1. The Labute approximate surface area is 179 Å². The van der Waals surface area contributed by atoms with Crippen LogP contribution in [0.4, 0.5) is 0 Å². The maximum absolute atomic E-state index is 11.5. The van der Waals surface area contributed by atoms with Gasteiger partial charge in [0.05, 0.1) is 11.4 Å².